The number of aliphatic hydroxyl groups excluding tert-OH is 2. The van der Waals surface area contributed by atoms with Crippen molar-refractivity contribution < 1.29 is 24.9 Å². The molecule has 0 amide bonds. The number of aliphatic carboxylic acids is 1. The standard InChI is InChI=1S/C5H12O3S.C4H8O2/c6-3-5(4-7)8-1-2-9;1-2-3-4(5)6/h5-7,9H,1-4H2;2-3H2,1H3,(H,5,6). The van der Waals surface area contributed by atoms with E-state index in [1.54, 1.807) is 0 Å². The number of carbonyl (C=O) groups is 1. The van der Waals surface area contributed by atoms with Crippen molar-refractivity contribution >= 4 is 18.6 Å². The highest BCUT2D eigenvalue weighted by atomic mass is 32.1. The van der Waals surface area contributed by atoms with Crippen molar-refractivity contribution in [2.24, 2.45) is 0 Å². The summed E-state index contributed by atoms with van der Waals surface area (Å²) in [7, 11) is 0. The van der Waals surface area contributed by atoms with Gasteiger partial charge in [0.1, 0.15) is 6.10 Å². The molecule has 0 saturated carbocycles. The minimum Gasteiger partial charge on any atom is -0.481 e. The van der Waals surface area contributed by atoms with Gasteiger partial charge < -0.3 is 20.1 Å². The van der Waals surface area contributed by atoms with Crippen LogP contribution >= 0.6 is 12.6 Å². The highest BCUT2D eigenvalue weighted by molar-refractivity contribution is 7.80. The third-order valence-corrected chi connectivity index (χ3v) is 1.50. The maximum atomic E-state index is 9.60. The Morgan fingerprint density at radius 1 is 1.40 bits per heavy atom. The monoisotopic (exact) mass is 240 g/mol. The lowest BCUT2D eigenvalue weighted by atomic mass is 10.4. The fourth-order valence-electron chi connectivity index (χ4n) is 0.596. The van der Waals surface area contributed by atoms with E-state index in [4.69, 9.17) is 20.1 Å². The van der Waals surface area contributed by atoms with Crippen LogP contribution in [0.2, 0.25) is 0 Å². The van der Waals surface area contributed by atoms with Gasteiger partial charge in [-0.05, 0) is 6.42 Å². The molecule has 0 atom stereocenters. The molecule has 0 aliphatic carbocycles. The molecule has 0 unspecified atom stereocenters. The van der Waals surface area contributed by atoms with E-state index in [1.807, 2.05) is 6.92 Å². The normalized spacial score (nSPS) is 9.67. The summed E-state index contributed by atoms with van der Waals surface area (Å²) >= 11 is 3.88. The molecule has 0 rings (SSSR count). The van der Waals surface area contributed by atoms with Gasteiger partial charge in [0.15, 0.2) is 0 Å². The van der Waals surface area contributed by atoms with Gasteiger partial charge in [0.05, 0.1) is 19.8 Å². The number of hydrogen-bond donors (Lipinski definition) is 4. The predicted molar refractivity (Wildman–Crippen MR) is 60.3 cm³/mol. The molecular formula is C9H20O5S. The van der Waals surface area contributed by atoms with Gasteiger partial charge in [0, 0.05) is 12.2 Å². The SMILES string of the molecule is CCCC(=O)O.OCC(CO)OCCS. The first-order chi connectivity index (χ1) is 7.12. The third-order valence-electron chi connectivity index (χ3n) is 1.32. The first-order valence-electron chi connectivity index (χ1n) is 4.78. The first kappa shape index (κ1) is 17.1. The largest absolute Gasteiger partial charge is 0.481 e. The van der Waals surface area contributed by atoms with Crippen LogP contribution in [-0.4, -0.2) is 53.0 Å². The first-order valence-corrected chi connectivity index (χ1v) is 5.41. The van der Waals surface area contributed by atoms with Crippen LogP contribution in [0, 0.1) is 0 Å². The van der Waals surface area contributed by atoms with Gasteiger partial charge in [0.25, 0.3) is 0 Å². The molecular weight excluding hydrogens is 220 g/mol. The molecule has 3 N–H and O–H groups in total. The highest BCUT2D eigenvalue weighted by Crippen LogP contribution is 1.88. The van der Waals surface area contributed by atoms with Gasteiger partial charge >= 0.3 is 5.97 Å². The average Bonchev–Trinajstić information content (AvgIpc) is 2.20. The number of aliphatic hydroxyl groups is 2. The van der Waals surface area contributed by atoms with E-state index in [9.17, 15) is 4.79 Å². The van der Waals surface area contributed by atoms with Crippen LogP contribution < -0.4 is 0 Å². The molecule has 0 saturated heterocycles. The van der Waals surface area contributed by atoms with E-state index in [0.29, 0.717) is 18.8 Å². The summed E-state index contributed by atoms with van der Waals surface area (Å²) in [6.45, 7) is 2.04. The Morgan fingerprint density at radius 3 is 2.13 bits per heavy atom. The van der Waals surface area contributed by atoms with Crippen LogP contribution in [0.3, 0.4) is 0 Å². The van der Waals surface area contributed by atoms with Crippen molar-refractivity contribution in [3.8, 4) is 0 Å². The minimum atomic E-state index is -0.711. The quantitative estimate of drug-likeness (QED) is 0.476. The molecule has 92 valence electrons. The summed E-state index contributed by atoms with van der Waals surface area (Å²) in [5, 5.41) is 24.8. The third kappa shape index (κ3) is 16.4. The van der Waals surface area contributed by atoms with Crippen LogP contribution in [0.15, 0.2) is 0 Å². The number of carboxylic acids is 1. The molecule has 15 heavy (non-hydrogen) atoms. The zero-order valence-electron chi connectivity index (χ0n) is 8.93. The Balaban J connectivity index is 0. The lowest BCUT2D eigenvalue weighted by molar-refractivity contribution is -0.137. The van der Waals surface area contributed by atoms with Crippen molar-refractivity contribution in [3.05, 3.63) is 0 Å². The van der Waals surface area contributed by atoms with Crippen molar-refractivity contribution in [2.45, 2.75) is 25.9 Å². The van der Waals surface area contributed by atoms with E-state index in [0.717, 1.165) is 6.42 Å². The van der Waals surface area contributed by atoms with E-state index < -0.39 is 12.1 Å². The summed E-state index contributed by atoms with van der Waals surface area (Å²) in [5.41, 5.74) is 0. The molecule has 6 heteroatoms. The summed E-state index contributed by atoms with van der Waals surface area (Å²) in [6, 6.07) is 0. The van der Waals surface area contributed by atoms with Crippen LogP contribution in [-0.2, 0) is 9.53 Å². The molecule has 0 aliphatic rings. The van der Waals surface area contributed by atoms with Gasteiger partial charge in [-0.15, -0.1) is 0 Å². The second-order valence-electron chi connectivity index (χ2n) is 2.73. The Morgan fingerprint density at radius 2 is 1.93 bits per heavy atom. The highest BCUT2D eigenvalue weighted by Gasteiger charge is 2.02. The number of rotatable bonds is 7. The molecule has 5 nitrogen and oxygen atoms in total. The zero-order valence-corrected chi connectivity index (χ0v) is 9.82. The Bertz CT molecular complexity index is 138. The van der Waals surface area contributed by atoms with E-state index >= 15 is 0 Å². The van der Waals surface area contributed by atoms with Crippen LogP contribution in [0.4, 0.5) is 0 Å². The Kier molecular flexibility index (Phi) is 15.6. The number of thiol groups is 1. The van der Waals surface area contributed by atoms with Gasteiger partial charge in [0.2, 0.25) is 0 Å². The maximum Gasteiger partial charge on any atom is 0.303 e. The van der Waals surface area contributed by atoms with E-state index in [2.05, 4.69) is 12.6 Å². The van der Waals surface area contributed by atoms with Gasteiger partial charge in [-0.1, -0.05) is 6.92 Å². The maximum absolute atomic E-state index is 9.60. The molecule has 0 heterocycles. The Hall–Kier alpha value is -0.300. The number of ether oxygens (including phenoxy) is 1. The fourth-order valence-corrected chi connectivity index (χ4v) is 0.702. The minimum absolute atomic E-state index is 0.135. The van der Waals surface area contributed by atoms with Crippen molar-refractivity contribution in [1.82, 2.24) is 0 Å². The lowest BCUT2D eigenvalue weighted by Gasteiger charge is -2.10. The fraction of sp³-hybridized carbons (Fsp3) is 0.889. The topological polar surface area (TPSA) is 87.0 Å². The summed E-state index contributed by atoms with van der Waals surface area (Å²) < 4.78 is 4.91. The van der Waals surface area contributed by atoms with Crippen molar-refractivity contribution in [1.29, 1.82) is 0 Å². The smallest absolute Gasteiger partial charge is 0.303 e. The van der Waals surface area contributed by atoms with Crippen molar-refractivity contribution in [2.75, 3.05) is 25.6 Å². The second-order valence-corrected chi connectivity index (χ2v) is 3.17. The summed E-state index contributed by atoms with van der Waals surface area (Å²) in [4.78, 5) is 9.60. The molecule has 0 radical (unpaired) electrons. The predicted octanol–water partition coefficient (Wildman–Crippen LogP) is 0.157. The van der Waals surface area contributed by atoms with Gasteiger partial charge in [-0.3, -0.25) is 4.79 Å². The number of hydrogen-bond acceptors (Lipinski definition) is 5. The molecule has 0 bridgehead atoms. The Labute approximate surface area is 95.5 Å². The van der Waals surface area contributed by atoms with E-state index in [1.165, 1.54) is 0 Å². The number of carboxylic acid groups (broad SMARTS) is 1. The molecule has 0 aliphatic heterocycles. The van der Waals surface area contributed by atoms with Crippen molar-refractivity contribution in [3.63, 3.8) is 0 Å². The summed E-state index contributed by atoms with van der Waals surface area (Å²) in [6.07, 6.45) is 0.590. The molecule has 0 aromatic carbocycles. The molecule has 0 fully saturated rings. The van der Waals surface area contributed by atoms with E-state index in [-0.39, 0.29) is 13.2 Å². The lowest BCUT2D eigenvalue weighted by Crippen LogP contribution is -2.22. The molecule has 0 aromatic heterocycles. The van der Waals surface area contributed by atoms with Crippen LogP contribution in [0.25, 0.3) is 0 Å². The van der Waals surface area contributed by atoms with Crippen LogP contribution in [0.1, 0.15) is 19.8 Å². The molecule has 0 aromatic rings. The van der Waals surface area contributed by atoms with Gasteiger partial charge in [-0.25, -0.2) is 0 Å². The zero-order chi connectivity index (χ0) is 12.1. The van der Waals surface area contributed by atoms with Crippen LogP contribution in [0.5, 0.6) is 0 Å². The summed E-state index contributed by atoms with van der Waals surface area (Å²) in [5.74, 6) is -0.103. The molecule has 0 spiro atoms. The second kappa shape index (κ2) is 13.7. The average molecular weight is 240 g/mol. The van der Waals surface area contributed by atoms with Gasteiger partial charge in [-0.2, -0.15) is 12.6 Å².